The summed E-state index contributed by atoms with van der Waals surface area (Å²) in [6, 6.07) is 4.77. The zero-order valence-corrected chi connectivity index (χ0v) is 11.1. The Bertz CT molecular complexity index is 544. The molecule has 1 heterocycles. The van der Waals surface area contributed by atoms with Crippen molar-refractivity contribution in [1.82, 2.24) is 9.78 Å². The van der Waals surface area contributed by atoms with Gasteiger partial charge in [-0.05, 0) is 32.4 Å². The van der Waals surface area contributed by atoms with Crippen molar-refractivity contribution in [2.24, 2.45) is 5.73 Å². The fraction of sp³-hybridized carbons (Fsp3) is 0.308. The standard InChI is InChI=1S/C13H15ClFN3/c1-8(16)6-10-12(15)4-3-5-13(10)18-7-11(14)9(2)17-18/h3-5,7-8H,6,16H2,1-2H3. The summed E-state index contributed by atoms with van der Waals surface area (Å²) in [5.74, 6) is -0.269. The maximum atomic E-state index is 13.9. The molecule has 0 radical (unpaired) electrons. The number of nitrogens with two attached hydrogens (primary N) is 1. The summed E-state index contributed by atoms with van der Waals surface area (Å²) < 4.78 is 15.5. The van der Waals surface area contributed by atoms with E-state index in [2.05, 4.69) is 5.10 Å². The highest BCUT2D eigenvalue weighted by atomic mass is 35.5. The van der Waals surface area contributed by atoms with Crippen LogP contribution in [0.25, 0.3) is 5.69 Å². The first-order valence-corrected chi connectivity index (χ1v) is 6.12. The zero-order valence-electron chi connectivity index (χ0n) is 10.3. The lowest BCUT2D eigenvalue weighted by atomic mass is 10.0. The summed E-state index contributed by atoms with van der Waals surface area (Å²) >= 11 is 5.98. The molecule has 0 saturated heterocycles. The van der Waals surface area contributed by atoms with Crippen molar-refractivity contribution in [1.29, 1.82) is 0 Å². The van der Waals surface area contributed by atoms with Crippen LogP contribution in [-0.4, -0.2) is 15.8 Å². The number of halogens is 2. The van der Waals surface area contributed by atoms with E-state index in [1.807, 2.05) is 19.9 Å². The molecule has 0 amide bonds. The van der Waals surface area contributed by atoms with Crippen LogP contribution in [-0.2, 0) is 6.42 Å². The molecule has 0 aliphatic carbocycles. The SMILES string of the molecule is Cc1nn(-c2cccc(F)c2CC(C)N)cc1Cl. The zero-order chi connectivity index (χ0) is 13.3. The number of rotatable bonds is 3. The Morgan fingerprint density at radius 3 is 2.78 bits per heavy atom. The van der Waals surface area contributed by atoms with Gasteiger partial charge in [0.2, 0.25) is 0 Å². The van der Waals surface area contributed by atoms with E-state index < -0.39 is 0 Å². The van der Waals surface area contributed by atoms with Gasteiger partial charge in [-0.1, -0.05) is 17.7 Å². The minimum Gasteiger partial charge on any atom is -0.328 e. The van der Waals surface area contributed by atoms with Crippen molar-refractivity contribution in [2.45, 2.75) is 26.3 Å². The minimum absolute atomic E-state index is 0.118. The molecule has 1 aromatic heterocycles. The summed E-state index contributed by atoms with van der Waals surface area (Å²) in [6.07, 6.45) is 2.13. The van der Waals surface area contributed by atoms with Crippen molar-refractivity contribution in [3.05, 3.63) is 46.5 Å². The van der Waals surface area contributed by atoms with Crippen molar-refractivity contribution in [2.75, 3.05) is 0 Å². The second-order valence-corrected chi connectivity index (χ2v) is 4.83. The molecule has 0 aliphatic rings. The van der Waals surface area contributed by atoms with Crippen LogP contribution in [0.4, 0.5) is 4.39 Å². The fourth-order valence-electron chi connectivity index (χ4n) is 1.85. The maximum Gasteiger partial charge on any atom is 0.128 e. The summed E-state index contributed by atoms with van der Waals surface area (Å²) in [4.78, 5) is 0. The molecule has 2 N–H and O–H groups in total. The minimum atomic E-state index is -0.269. The van der Waals surface area contributed by atoms with Crippen molar-refractivity contribution in [3.63, 3.8) is 0 Å². The van der Waals surface area contributed by atoms with Gasteiger partial charge < -0.3 is 5.73 Å². The summed E-state index contributed by atoms with van der Waals surface area (Å²) in [5.41, 5.74) is 7.71. The van der Waals surface area contributed by atoms with Gasteiger partial charge >= 0.3 is 0 Å². The largest absolute Gasteiger partial charge is 0.328 e. The predicted molar refractivity (Wildman–Crippen MR) is 70.6 cm³/mol. The number of hydrogen-bond donors (Lipinski definition) is 1. The molecule has 3 nitrogen and oxygen atoms in total. The van der Waals surface area contributed by atoms with Gasteiger partial charge in [-0.25, -0.2) is 9.07 Å². The Balaban J connectivity index is 2.53. The lowest BCUT2D eigenvalue weighted by Gasteiger charge is -2.12. The van der Waals surface area contributed by atoms with Crippen LogP contribution in [0.3, 0.4) is 0 Å². The Morgan fingerprint density at radius 2 is 2.22 bits per heavy atom. The van der Waals surface area contributed by atoms with Crippen LogP contribution in [0.1, 0.15) is 18.2 Å². The number of hydrogen-bond acceptors (Lipinski definition) is 2. The van der Waals surface area contributed by atoms with Gasteiger partial charge in [0.25, 0.3) is 0 Å². The average molecular weight is 268 g/mol. The summed E-state index contributed by atoms with van der Waals surface area (Å²) in [7, 11) is 0. The Hall–Kier alpha value is -1.39. The molecule has 0 fully saturated rings. The van der Waals surface area contributed by atoms with Gasteiger partial charge in [-0.15, -0.1) is 0 Å². The van der Waals surface area contributed by atoms with E-state index in [9.17, 15) is 4.39 Å². The Kier molecular flexibility index (Phi) is 3.68. The van der Waals surface area contributed by atoms with Gasteiger partial charge in [0.1, 0.15) is 5.82 Å². The van der Waals surface area contributed by atoms with E-state index in [4.69, 9.17) is 17.3 Å². The first kappa shape index (κ1) is 13.1. The molecule has 0 bridgehead atoms. The molecule has 1 aromatic carbocycles. The molecule has 96 valence electrons. The van der Waals surface area contributed by atoms with Crippen molar-refractivity contribution >= 4 is 11.6 Å². The van der Waals surface area contributed by atoms with Gasteiger partial charge in [0.05, 0.1) is 16.4 Å². The molecule has 1 unspecified atom stereocenters. The van der Waals surface area contributed by atoms with E-state index in [-0.39, 0.29) is 11.9 Å². The normalized spacial score (nSPS) is 12.7. The maximum absolute atomic E-state index is 13.9. The van der Waals surface area contributed by atoms with Crippen molar-refractivity contribution < 1.29 is 4.39 Å². The molecular weight excluding hydrogens is 253 g/mol. The summed E-state index contributed by atoms with van der Waals surface area (Å²) in [6.45, 7) is 3.65. The highest BCUT2D eigenvalue weighted by molar-refractivity contribution is 6.31. The molecule has 0 saturated carbocycles. The Morgan fingerprint density at radius 1 is 1.50 bits per heavy atom. The van der Waals surface area contributed by atoms with Gasteiger partial charge in [-0.2, -0.15) is 5.10 Å². The van der Waals surface area contributed by atoms with Crippen LogP contribution in [0.5, 0.6) is 0 Å². The van der Waals surface area contributed by atoms with Crippen molar-refractivity contribution in [3.8, 4) is 5.69 Å². The molecule has 0 aliphatic heterocycles. The lowest BCUT2D eigenvalue weighted by Crippen LogP contribution is -2.20. The monoisotopic (exact) mass is 267 g/mol. The molecule has 0 spiro atoms. The van der Waals surface area contributed by atoms with Gasteiger partial charge in [-0.3, -0.25) is 0 Å². The third-order valence-electron chi connectivity index (χ3n) is 2.71. The molecule has 1 atom stereocenters. The van der Waals surface area contributed by atoms with Gasteiger partial charge in [0, 0.05) is 17.8 Å². The number of aryl methyl sites for hydroxylation is 1. The quantitative estimate of drug-likeness (QED) is 0.929. The van der Waals surface area contributed by atoms with E-state index in [1.165, 1.54) is 6.07 Å². The van der Waals surface area contributed by atoms with Crippen LogP contribution < -0.4 is 5.73 Å². The van der Waals surface area contributed by atoms with Crippen LogP contribution in [0.15, 0.2) is 24.4 Å². The van der Waals surface area contributed by atoms with E-state index in [0.717, 1.165) is 0 Å². The molecular formula is C13H15ClFN3. The first-order chi connectivity index (χ1) is 8.49. The predicted octanol–water partition coefficient (Wildman–Crippen LogP) is 2.86. The molecule has 2 aromatic rings. The molecule has 5 heteroatoms. The molecule has 18 heavy (non-hydrogen) atoms. The van der Waals surface area contributed by atoms with Crippen LogP contribution in [0.2, 0.25) is 5.02 Å². The van der Waals surface area contributed by atoms with Crippen LogP contribution >= 0.6 is 11.6 Å². The highest BCUT2D eigenvalue weighted by Gasteiger charge is 2.13. The van der Waals surface area contributed by atoms with Gasteiger partial charge in [0.15, 0.2) is 0 Å². The first-order valence-electron chi connectivity index (χ1n) is 5.74. The third-order valence-corrected chi connectivity index (χ3v) is 3.08. The fourth-order valence-corrected chi connectivity index (χ4v) is 1.98. The third kappa shape index (κ3) is 2.54. The van der Waals surface area contributed by atoms with E-state index in [0.29, 0.717) is 28.4 Å². The topological polar surface area (TPSA) is 43.8 Å². The lowest BCUT2D eigenvalue weighted by molar-refractivity contribution is 0.591. The number of aromatic nitrogens is 2. The second-order valence-electron chi connectivity index (χ2n) is 4.43. The Labute approximate surface area is 110 Å². The number of benzene rings is 1. The van der Waals surface area contributed by atoms with E-state index >= 15 is 0 Å². The smallest absolute Gasteiger partial charge is 0.128 e. The molecule has 2 rings (SSSR count). The van der Waals surface area contributed by atoms with Crippen LogP contribution in [0, 0.1) is 12.7 Å². The highest BCUT2D eigenvalue weighted by Crippen LogP contribution is 2.22. The van der Waals surface area contributed by atoms with E-state index in [1.54, 1.807) is 16.9 Å². The number of nitrogens with zero attached hydrogens (tertiary/aromatic N) is 2. The second kappa shape index (κ2) is 5.08. The summed E-state index contributed by atoms with van der Waals surface area (Å²) in [5, 5.41) is 4.83. The average Bonchev–Trinajstić information content (AvgIpc) is 2.61.